The summed E-state index contributed by atoms with van der Waals surface area (Å²) in [4.78, 5) is 2.60. The molecule has 1 aromatic rings. The average Bonchev–Trinajstić information content (AvgIpc) is 2.37. The second kappa shape index (κ2) is 5.87. The van der Waals surface area contributed by atoms with Gasteiger partial charge in [-0.25, -0.2) is 0 Å². The van der Waals surface area contributed by atoms with Gasteiger partial charge in [0.1, 0.15) is 0 Å². The molecule has 1 saturated heterocycles. The van der Waals surface area contributed by atoms with Crippen LogP contribution < -0.4 is 0 Å². The highest BCUT2D eigenvalue weighted by atomic mass is 16.5. The molecular formula is C18H29NO. The lowest BCUT2D eigenvalue weighted by atomic mass is 9.89. The number of benzene rings is 1. The molecule has 0 N–H and O–H groups in total. The first-order chi connectivity index (χ1) is 9.30. The van der Waals surface area contributed by atoms with E-state index in [0.717, 1.165) is 13.2 Å². The van der Waals surface area contributed by atoms with Crippen molar-refractivity contribution in [3.8, 4) is 0 Å². The van der Waals surface area contributed by atoms with Gasteiger partial charge < -0.3 is 4.74 Å². The molecule has 1 heterocycles. The Hall–Kier alpha value is -0.860. The Morgan fingerprint density at radius 2 is 1.85 bits per heavy atom. The van der Waals surface area contributed by atoms with Gasteiger partial charge in [0, 0.05) is 12.1 Å². The van der Waals surface area contributed by atoms with E-state index < -0.39 is 0 Å². The zero-order chi connectivity index (χ0) is 14.9. The third kappa shape index (κ3) is 3.24. The van der Waals surface area contributed by atoms with Crippen LogP contribution in [0.1, 0.15) is 64.6 Å². The number of nitrogens with zero attached hydrogens (tertiary/aromatic N) is 1. The highest BCUT2D eigenvalue weighted by molar-refractivity contribution is 5.33. The molecule has 2 unspecified atom stereocenters. The summed E-state index contributed by atoms with van der Waals surface area (Å²) in [6.45, 7) is 15.4. The lowest BCUT2D eigenvalue weighted by molar-refractivity contribution is -0.0895. The van der Waals surface area contributed by atoms with Gasteiger partial charge in [0.2, 0.25) is 0 Å². The van der Waals surface area contributed by atoms with Crippen molar-refractivity contribution in [2.45, 2.75) is 65.1 Å². The number of morpholine rings is 1. The molecule has 1 aromatic carbocycles. The molecule has 0 bridgehead atoms. The molecule has 112 valence electrons. The molecule has 0 amide bonds. The lowest BCUT2D eigenvalue weighted by Gasteiger charge is -2.47. The molecule has 0 saturated carbocycles. The predicted molar refractivity (Wildman–Crippen MR) is 85.1 cm³/mol. The Bertz CT molecular complexity index is 447. The van der Waals surface area contributed by atoms with Crippen LogP contribution in [0.3, 0.4) is 0 Å². The van der Waals surface area contributed by atoms with Gasteiger partial charge in [-0.05, 0) is 44.7 Å². The van der Waals surface area contributed by atoms with Crippen LogP contribution in [0, 0.1) is 0 Å². The minimum atomic E-state index is 0.160. The van der Waals surface area contributed by atoms with Crippen molar-refractivity contribution in [1.82, 2.24) is 4.90 Å². The number of ether oxygens (including phenoxy) is 1. The quantitative estimate of drug-likeness (QED) is 0.794. The molecule has 1 fully saturated rings. The molecule has 1 aliphatic rings. The van der Waals surface area contributed by atoms with E-state index in [9.17, 15) is 0 Å². The molecule has 2 nitrogen and oxygen atoms in total. The van der Waals surface area contributed by atoms with Gasteiger partial charge >= 0.3 is 0 Å². The summed E-state index contributed by atoms with van der Waals surface area (Å²) < 4.78 is 5.96. The highest BCUT2D eigenvalue weighted by Gasteiger charge is 2.36. The minimum Gasteiger partial charge on any atom is -0.375 e. The van der Waals surface area contributed by atoms with Crippen LogP contribution in [0.5, 0.6) is 0 Å². The first-order valence-corrected chi connectivity index (χ1v) is 7.78. The maximum absolute atomic E-state index is 5.96. The van der Waals surface area contributed by atoms with E-state index in [2.05, 4.69) is 70.7 Å². The summed E-state index contributed by atoms with van der Waals surface area (Å²) in [5.41, 5.74) is 3.04. The van der Waals surface area contributed by atoms with Crippen molar-refractivity contribution in [3.05, 3.63) is 35.4 Å². The molecule has 1 aliphatic heterocycles. The maximum Gasteiger partial charge on any atom is 0.0675 e. The average molecular weight is 275 g/mol. The minimum absolute atomic E-state index is 0.160. The zero-order valence-electron chi connectivity index (χ0n) is 13.8. The second-order valence-corrected chi connectivity index (χ2v) is 7.27. The van der Waals surface area contributed by atoms with Gasteiger partial charge in [0.15, 0.2) is 0 Å². The summed E-state index contributed by atoms with van der Waals surface area (Å²) in [6.07, 6.45) is 0.316. The number of hydrogen-bond donors (Lipinski definition) is 0. The summed E-state index contributed by atoms with van der Waals surface area (Å²) >= 11 is 0. The summed E-state index contributed by atoms with van der Waals surface area (Å²) in [7, 11) is 0. The second-order valence-electron chi connectivity index (χ2n) is 7.27. The van der Waals surface area contributed by atoms with Gasteiger partial charge in [0.05, 0.1) is 18.8 Å². The van der Waals surface area contributed by atoms with Crippen molar-refractivity contribution in [2.75, 3.05) is 13.2 Å². The van der Waals surface area contributed by atoms with Gasteiger partial charge in [-0.2, -0.15) is 0 Å². The summed E-state index contributed by atoms with van der Waals surface area (Å²) in [5, 5.41) is 0. The Labute approximate surface area is 124 Å². The lowest BCUT2D eigenvalue weighted by Crippen LogP contribution is -2.52. The fraction of sp³-hybridized carbons (Fsp3) is 0.667. The van der Waals surface area contributed by atoms with E-state index in [-0.39, 0.29) is 5.54 Å². The van der Waals surface area contributed by atoms with Crippen molar-refractivity contribution >= 4 is 0 Å². The van der Waals surface area contributed by atoms with Crippen LogP contribution in [-0.2, 0) is 4.74 Å². The Morgan fingerprint density at radius 1 is 1.20 bits per heavy atom. The smallest absolute Gasteiger partial charge is 0.0675 e. The topological polar surface area (TPSA) is 12.5 Å². The Kier molecular flexibility index (Phi) is 4.55. The predicted octanol–water partition coefficient (Wildman–Crippen LogP) is 4.37. The first-order valence-electron chi connectivity index (χ1n) is 7.78. The molecule has 0 spiro atoms. The largest absolute Gasteiger partial charge is 0.375 e. The van der Waals surface area contributed by atoms with Crippen LogP contribution in [0.2, 0.25) is 0 Å². The monoisotopic (exact) mass is 275 g/mol. The van der Waals surface area contributed by atoms with Crippen LogP contribution in [-0.4, -0.2) is 29.7 Å². The molecule has 20 heavy (non-hydrogen) atoms. The van der Waals surface area contributed by atoms with E-state index in [1.165, 1.54) is 11.1 Å². The molecular weight excluding hydrogens is 246 g/mol. The highest BCUT2D eigenvalue weighted by Crippen LogP contribution is 2.35. The standard InChI is InChI=1S/C18H29NO/c1-13(2)15-9-7-8-10-16(15)17-12-20-14(3)11-19(17)18(4,5)6/h7-10,13-14,17H,11-12H2,1-6H3. The fourth-order valence-electron chi connectivity index (χ4n) is 3.14. The van der Waals surface area contributed by atoms with Crippen LogP contribution in [0.25, 0.3) is 0 Å². The van der Waals surface area contributed by atoms with E-state index in [1.807, 2.05) is 0 Å². The van der Waals surface area contributed by atoms with Crippen molar-refractivity contribution < 1.29 is 4.74 Å². The third-order valence-electron chi connectivity index (χ3n) is 4.21. The molecule has 0 aliphatic carbocycles. The van der Waals surface area contributed by atoms with Crippen LogP contribution in [0.15, 0.2) is 24.3 Å². The summed E-state index contributed by atoms with van der Waals surface area (Å²) in [5.74, 6) is 0.548. The van der Waals surface area contributed by atoms with E-state index in [1.54, 1.807) is 0 Å². The van der Waals surface area contributed by atoms with Gasteiger partial charge in [-0.15, -0.1) is 0 Å². The van der Waals surface area contributed by atoms with Gasteiger partial charge in [-0.1, -0.05) is 38.1 Å². The van der Waals surface area contributed by atoms with Crippen molar-refractivity contribution in [1.29, 1.82) is 0 Å². The Balaban J connectivity index is 2.39. The SMILES string of the molecule is CC1CN(C(C)(C)C)C(c2ccccc2C(C)C)CO1. The van der Waals surface area contributed by atoms with E-state index in [0.29, 0.717) is 18.1 Å². The Morgan fingerprint density at radius 3 is 2.45 bits per heavy atom. The van der Waals surface area contributed by atoms with Crippen molar-refractivity contribution in [3.63, 3.8) is 0 Å². The number of hydrogen-bond acceptors (Lipinski definition) is 2. The van der Waals surface area contributed by atoms with E-state index >= 15 is 0 Å². The van der Waals surface area contributed by atoms with Crippen molar-refractivity contribution in [2.24, 2.45) is 0 Å². The molecule has 2 atom stereocenters. The molecule has 2 rings (SSSR count). The maximum atomic E-state index is 5.96. The van der Waals surface area contributed by atoms with E-state index in [4.69, 9.17) is 4.74 Å². The van der Waals surface area contributed by atoms with Crippen LogP contribution in [0.4, 0.5) is 0 Å². The number of rotatable bonds is 2. The van der Waals surface area contributed by atoms with Crippen LogP contribution >= 0.6 is 0 Å². The third-order valence-corrected chi connectivity index (χ3v) is 4.21. The molecule has 0 radical (unpaired) electrons. The molecule has 2 heteroatoms. The fourth-order valence-corrected chi connectivity index (χ4v) is 3.14. The van der Waals surface area contributed by atoms with Gasteiger partial charge in [0.25, 0.3) is 0 Å². The first kappa shape index (κ1) is 15.5. The zero-order valence-corrected chi connectivity index (χ0v) is 13.8. The normalized spacial score (nSPS) is 25.1. The molecule has 0 aromatic heterocycles. The summed E-state index contributed by atoms with van der Waals surface area (Å²) in [6, 6.07) is 9.20. The van der Waals surface area contributed by atoms with Gasteiger partial charge in [-0.3, -0.25) is 4.90 Å².